The number of carbonyl (C=O) groups is 2. The Morgan fingerprint density at radius 2 is 1.83 bits per heavy atom. The van der Waals surface area contributed by atoms with Crippen molar-refractivity contribution in [3.8, 4) is 0 Å². The van der Waals surface area contributed by atoms with Gasteiger partial charge in [0.1, 0.15) is 5.69 Å². The van der Waals surface area contributed by atoms with Gasteiger partial charge in [0.05, 0.1) is 18.4 Å². The molecule has 1 aromatic heterocycles. The van der Waals surface area contributed by atoms with Crippen molar-refractivity contribution in [2.75, 3.05) is 18.1 Å². The number of amides is 1. The number of hydrogen-bond acceptors (Lipinski definition) is 5. The fourth-order valence-electron chi connectivity index (χ4n) is 2.49. The molecule has 1 fully saturated rings. The summed E-state index contributed by atoms with van der Waals surface area (Å²) in [7, 11) is 0. The van der Waals surface area contributed by atoms with Crippen LogP contribution < -0.4 is 0 Å². The summed E-state index contributed by atoms with van der Waals surface area (Å²) in [6.07, 6.45) is 2.35. The second-order valence-corrected chi connectivity index (χ2v) is 6.24. The summed E-state index contributed by atoms with van der Waals surface area (Å²) < 4.78 is 0. The van der Waals surface area contributed by atoms with E-state index in [9.17, 15) is 9.59 Å². The predicted molar refractivity (Wildman–Crippen MR) is 86.5 cm³/mol. The fraction of sp³-hybridized carbons (Fsp3) is 0.250. The van der Waals surface area contributed by atoms with Gasteiger partial charge in [-0.25, -0.2) is 14.8 Å². The number of thioether (sulfide) groups is 1. The lowest BCUT2D eigenvalue weighted by molar-refractivity contribution is 0.0675. The molecular weight excluding hydrogens is 314 g/mol. The summed E-state index contributed by atoms with van der Waals surface area (Å²) in [4.78, 5) is 33.1. The van der Waals surface area contributed by atoms with Crippen LogP contribution in [0.2, 0.25) is 0 Å². The largest absolute Gasteiger partial charge is 0.476 e. The Balaban J connectivity index is 1.85. The van der Waals surface area contributed by atoms with Crippen molar-refractivity contribution in [3.63, 3.8) is 0 Å². The van der Waals surface area contributed by atoms with Gasteiger partial charge in [0, 0.05) is 18.1 Å². The topological polar surface area (TPSA) is 83.4 Å². The number of aromatic nitrogens is 2. The lowest BCUT2D eigenvalue weighted by atomic mass is 10.1. The van der Waals surface area contributed by atoms with Gasteiger partial charge in [-0.05, 0) is 5.56 Å². The van der Waals surface area contributed by atoms with Crippen LogP contribution >= 0.6 is 11.8 Å². The number of carboxylic acid groups (broad SMARTS) is 1. The molecule has 7 heteroatoms. The van der Waals surface area contributed by atoms with E-state index in [1.165, 1.54) is 6.20 Å². The van der Waals surface area contributed by atoms with Crippen LogP contribution in [-0.4, -0.2) is 49.9 Å². The SMILES string of the molecule is O=C(O)c1cnc(C(=O)N2CCSCC2c2ccccc2)cn1. The summed E-state index contributed by atoms with van der Waals surface area (Å²) in [6, 6.07) is 9.87. The maximum Gasteiger partial charge on any atom is 0.356 e. The standard InChI is InChI=1S/C16H15N3O3S/c20-15(12-8-18-13(9-17-12)16(21)22)19-6-7-23-10-14(19)11-4-2-1-3-5-11/h1-5,8-9,14H,6-7,10H2,(H,21,22). The number of carboxylic acids is 1. The highest BCUT2D eigenvalue weighted by molar-refractivity contribution is 7.99. The predicted octanol–water partition coefficient (Wildman–Crippen LogP) is 2.11. The minimum Gasteiger partial charge on any atom is -0.476 e. The highest BCUT2D eigenvalue weighted by Gasteiger charge is 2.29. The van der Waals surface area contributed by atoms with Crippen LogP contribution in [0.1, 0.15) is 32.6 Å². The molecule has 2 aromatic rings. The molecule has 0 radical (unpaired) electrons. The first kappa shape index (κ1) is 15.5. The van der Waals surface area contributed by atoms with Gasteiger partial charge < -0.3 is 10.0 Å². The number of rotatable bonds is 3. The van der Waals surface area contributed by atoms with Gasteiger partial charge in [-0.3, -0.25) is 4.79 Å². The van der Waals surface area contributed by atoms with Gasteiger partial charge in [0.15, 0.2) is 5.69 Å². The molecule has 1 aromatic carbocycles. The first-order valence-corrected chi connectivity index (χ1v) is 8.31. The van der Waals surface area contributed by atoms with Gasteiger partial charge in [-0.1, -0.05) is 30.3 Å². The van der Waals surface area contributed by atoms with E-state index in [0.29, 0.717) is 6.54 Å². The molecule has 1 aliphatic heterocycles. The Morgan fingerprint density at radius 1 is 1.13 bits per heavy atom. The zero-order valence-corrected chi connectivity index (χ0v) is 13.1. The van der Waals surface area contributed by atoms with E-state index >= 15 is 0 Å². The van der Waals surface area contributed by atoms with Crippen molar-refractivity contribution in [3.05, 3.63) is 59.7 Å². The average Bonchev–Trinajstić information content (AvgIpc) is 2.62. The third-order valence-electron chi connectivity index (χ3n) is 3.66. The molecule has 118 valence electrons. The molecule has 1 amide bonds. The van der Waals surface area contributed by atoms with Crippen molar-refractivity contribution in [1.29, 1.82) is 0 Å². The molecule has 2 heterocycles. The number of nitrogens with zero attached hydrogens (tertiary/aromatic N) is 3. The zero-order valence-electron chi connectivity index (χ0n) is 12.3. The van der Waals surface area contributed by atoms with Crippen LogP contribution in [0.4, 0.5) is 0 Å². The van der Waals surface area contributed by atoms with Gasteiger partial charge in [-0.2, -0.15) is 11.8 Å². The molecule has 1 N–H and O–H groups in total. The summed E-state index contributed by atoms with van der Waals surface area (Å²) in [6.45, 7) is 0.630. The normalized spacial score (nSPS) is 17.7. The molecule has 0 spiro atoms. The Kier molecular flexibility index (Phi) is 4.57. The molecular formula is C16H15N3O3S. The molecule has 0 aliphatic carbocycles. The smallest absolute Gasteiger partial charge is 0.356 e. The van der Waals surface area contributed by atoms with Crippen molar-refractivity contribution >= 4 is 23.6 Å². The van der Waals surface area contributed by atoms with E-state index < -0.39 is 5.97 Å². The van der Waals surface area contributed by atoms with E-state index in [-0.39, 0.29) is 23.3 Å². The maximum atomic E-state index is 12.7. The van der Waals surface area contributed by atoms with Crippen molar-refractivity contribution in [1.82, 2.24) is 14.9 Å². The van der Waals surface area contributed by atoms with Crippen LogP contribution in [0.3, 0.4) is 0 Å². The van der Waals surface area contributed by atoms with E-state index in [1.807, 2.05) is 42.1 Å². The third-order valence-corrected chi connectivity index (χ3v) is 4.69. The van der Waals surface area contributed by atoms with Gasteiger partial charge in [0.2, 0.25) is 0 Å². The van der Waals surface area contributed by atoms with Crippen molar-refractivity contribution < 1.29 is 14.7 Å². The minimum atomic E-state index is -1.16. The van der Waals surface area contributed by atoms with Gasteiger partial charge >= 0.3 is 5.97 Å². The van der Waals surface area contributed by atoms with E-state index in [1.54, 1.807) is 4.90 Å². The first-order valence-electron chi connectivity index (χ1n) is 7.16. The molecule has 1 unspecified atom stereocenters. The quantitative estimate of drug-likeness (QED) is 0.928. The lowest BCUT2D eigenvalue weighted by Gasteiger charge is -2.35. The second-order valence-electron chi connectivity index (χ2n) is 5.09. The maximum absolute atomic E-state index is 12.7. The average molecular weight is 329 g/mol. The Labute approximate surface area is 137 Å². The van der Waals surface area contributed by atoms with Crippen LogP contribution in [0.25, 0.3) is 0 Å². The molecule has 23 heavy (non-hydrogen) atoms. The minimum absolute atomic E-state index is 0.0107. The Morgan fingerprint density at radius 3 is 2.48 bits per heavy atom. The van der Waals surface area contributed by atoms with Crippen molar-refractivity contribution in [2.24, 2.45) is 0 Å². The van der Waals surface area contributed by atoms with E-state index in [2.05, 4.69) is 9.97 Å². The monoisotopic (exact) mass is 329 g/mol. The van der Waals surface area contributed by atoms with E-state index in [4.69, 9.17) is 5.11 Å². The summed E-state index contributed by atoms with van der Waals surface area (Å²) in [5, 5.41) is 8.85. The van der Waals surface area contributed by atoms with Gasteiger partial charge in [0.25, 0.3) is 5.91 Å². The molecule has 0 bridgehead atoms. The molecule has 1 atom stereocenters. The Hall–Kier alpha value is -2.41. The molecule has 3 rings (SSSR count). The molecule has 0 saturated carbocycles. The highest BCUT2D eigenvalue weighted by Crippen LogP contribution is 2.30. The number of benzene rings is 1. The first-order chi connectivity index (χ1) is 11.2. The summed E-state index contributed by atoms with van der Waals surface area (Å²) >= 11 is 1.81. The number of aromatic carboxylic acids is 1. The molecule has 1 saturated heterocycles. The van der Waals surface area contributed by atoms with Crippen LogP contribution in [0.5, 0.6) is 0 Å². The summed E-state index contributed by atoms with van der Waals surface area (Å²) in [5.41, 5.74) is 1.08. The third kappa shape index (κ3) is 3.34. The molecule has 6 nitrogen and oxygen atoms in total. The Bertz CT molecular complexity index is 706. The summed E-state index contributed by atoms with van der Waals surface area (Å²) in [5.74, 6) is 0.322. The van der Waals surface area contributed by atoms with Crippen LogP contribution in [-0.2, 0) is 0 Å². The molecule has 1 aliphatic rings. The van der Waals surface area contributed by atoms with E-state index in [0.717, 1.165) is 23.3 Å². The van der Waals surface area contributed by atoms with Gasteiger partial charge in [-0.15, -0.1) is 0 Å². The number of hydrogen-bond donors (Lipinski definition) is 1. The zero-order chi connectivity index (χ0) is 16.2. The van der Waals surface area contributed by atoms with Crippen LogP contribution in [0, 0.1) is 0 Å². The fourth-order valence-corrected chi connectivity index (χ4v) is 3.58. The van der Waals surface area contributed by atoms with Crippen molar-refractivity contribution in [2.45, 2.75) is 6.04 Å². The highest BCUT2D eigenvalue weighted by atomic mass is 32.2. The van der Waals surface area contributed by atoms with Crippen LogP contribution in [0.15, 0.2) is 42.7 Å². The lowest BCUT2D eigenvalue weighted by Crippen LogP contribution is -2.41. The number of carbonyl (C=O) groups excluding carboxylic acids is 1. The second kappa shape index (κ2) is 6.78.